The van der Waals surface area contributed by atoms with Crippen molar-refractivity contribution in [3.05, 3.63) is 176 Å². The zero-order valence-corrected chi connectivity index (χ0v) is 27.3. The predicted molar refractivity (Wildman–Crippen MR) is 210 cm³/mol. The first-order valence-corrected chi connectivity index (χ1v) is 17.4. The molecule has 0 amide bonds. The molecule has 0 fully saturated rings. The summed E-state index contributed by atoms with van der Waals surface area (Å²) in [6, 6.07) is 63.4. The summed E-state index contributed by atoms with van der Waals surface area (Å²) in [6.45, 7) is 0. The molecule has 0 atom stereocenters. The fraction of sp³-hybridized carbons (Fsp3) is 0. The van der Waals surface area contributed by atoms with Gasteiger partial charge in [0, 0.05) is 47.9 Å². The first-order chi connectivity index (χ1) is 24.3. The zero-order chi connectivity index (χ0) is 32.3. The molecule has 2 heterocycles. The van der Waals surface area contributed by atoms with E-state index in [-0.39, 0.29) is 0 Å². The summed E-state index contributed by atoms with van der Waals surface area (Å²) in [6.07, 6.45) is 0. The van der Waals surface area contributed by atoms with Crippen LogP contribution in [0.4, 0.5) is 17.1 Å². The summed E-state index contributed by atoms with van der Waals surface area (Å²) in [4.78, 5) is 2.40. The van der Waals surface area contributed by atoms with E-state index in [1.165, 1.54) is 53.2 Å². The van der Waals surface area contributed by atoms with Crippen molar-refractivity contribution in [2.24, 2.45) is 0 Å². The van der Waals surface area contributed by atoms with Crippen molar-refractivity contribution in [3.8, 4) is 22.3 Å². The number of para-hydroxylation sites is 2. The van der Waals surface area contributed by atoms with Crippen molar-refractivity contribution in [3.63, 3.8) is 0 Å². The minimum absolute atomic E-state index is 0.887. The molecule has 8 aromatic carbocycles. The van der Waals surface area contributed by atoms with Gasteiger partial charge in [-0.05, 0) is 94.2 Å². The third-order valence-electron chi connectivity index (χ3n) is 9.64. The van der Waals surface area contributed by atoms with Crippen LogP contribution in [0, 0.1) is 0 Å². The molecule has 0 unspecified atom stereocenters. The second kappa shape index (κ2) is 11.2. The molecule has 0 aliphatic rings. The normalized spacial score (nSPS) is 11.7. The highest BCUT2D eigenvalue weighted by molar-refractivity contribution is 7.25. The van der Waals surface area contributed by atoms with Gasteiger partial charge in [-0.1, -0.05) is 109 Å². The lowest BCUT2D eigenvalue weighted by atomic mass is 9.98. The summed E-state index contributed by atoms with van der Waals surface area (Å²) in [5.41, 5.74) is 9.80. The van der Waals surface area contributed by atoms with Gasteiger partial charge in [-0.2, -0.15) is 0 Å². The van der Waals surface area contributed by atoms with E-state index < -0.39 is 0 Å². The van der Waals surface area contributed by atoms with Crippen LogP contribution in [0.25, 0.3) is 75.1 Å². The molecule has 49 heavy (non-hydrogen) atoms. The number of hydrogen-bond acceptors (Lipinski definition) is 3. The molecule has 0 spiro atoms. The fourth-order valence-corrected chi connectivity index (χ4v) is 8.37. The Morgan fingerprint density at radius 1 is 0.388 bits per heavy atom. The maximum absolute atomic E-state index is 6.25. The van der Waals surface area contributed by atoms with Crippen LogP contribution < -0.4 is 4.90 Å². The van der Waals surface area contributed by atoms with Crippen molar-refractivity contribution in [2.75, 3.05) is 4.90 Å². The Morgan fingerprint density at radius 2 is 1.10 bits per heavy atom. The van der Waals surface area contributed by atoms with E-state index in [0.717, 1.165) is 39.0 Å². The average molecular weight is 644 g/mol. The van der Waals surface area contributed by atoms with Crippen molar-refractivity contribution >= 4 is 81.3 Å². The molecule has 0 N–H and O–H groups in total. The topological polar surface area (TPSA) is 16.4 Å². The molecule has 3 heteroatoms. The van der Waals surface area contributed by atoms with Crippen LogP contribution >= 0.6 is 11.3 Å². The van der Waals surface area contributed by atoms with E-state index in [4.69, 9.17) is 4.42 Å². The molecule has 0 saturated carbocycles. The quantitative estimate of drug-likeness (QED) is 0.186. The minimum atomic E-state index is 0.887. The lowest BCUT2D eigenvalue weighted by Gasteiger charge is -2.28. The minimum Gasteiger partial charge on any atom is -0.456 e. The van der Waals surface area contributed by atoms with Gasteiger partial charge in [-0.3, -0.25) is 0 Å². The van der Waals surface area contributed by atoms with Gasteiger partial charge in [-0.25, -0.2) is 0 Å². The maximum atomic E-state index is 6.25. The number of hydrogen-bond donors (Lipinski definition) is 0. The Labute approximate surface area is 287 Å². The second-order valence-electron chi connectivity index (χ2n) is 12.6. The van der Waals surface area contributed by atoms with E-state index in [0.29, 0.717) is 0 Å². The van der Waals surface area contributed by atoms with E-state index in [1.54, 1.807) is 0 Å². The Hall–Kier alpha value is -6.16. The van der Waals surface area contributed by atoms with Gasteiger partial charge in [0.05, 0.1) is 5.69 Å². The summed E-state index contributed by atoms with van der Waals surface area (Å²) >= 11 is 1.85. The van der Waals surface area contributed by atoms with Gasteiger partial charge < -0.3 is 9.32 Å². The van der Waals surface area contributed by atoms with Gasteiger partial charge in [0.2, 0.25) is 0 Å². The Bertz CT molecular complexity index is 2860. The number of benzene rings is 8. The standard InChI is InChI=1S/C46H29NOS/c1-2-11-31-26-34(21-20-30(31)10-1)37-14-3-6-17-42(37)47(36-23-24-44-40(29-36)38-15-4-7-18-43(38)48-44)35-13-9-12-32(27-35)33-22-25-46-41(28-33)39-16-5-8-19-45(39)49-46/h1-29H. The molecule has 0 aliphatic carbocycles. The smallest absolute Gasteiger partial charge is 0.135 e. The molecule has 0 saturated heterocycles. The molecule has 2 aromatic heterocycles. The lowest BCUT2D eigenvalue weighted by molar-refractivity contribution is 0.669. The van der Waals surface area contributed by atoms with E-state index in [2.05, 4.69) is 169 Å². The van der Waals surface area contributed by atoms with Crippen LogP contribution in [-0.4, -0.2) is 0 Å². The van der Waals surface area contributed by atoms with Gasteiger partial charge >= 0.3 is 0 Å². The van der Waals surface area contributed by atoms with Gasteiger partial charge in [0.25, 0.3) is 0 Å². The largest absolute Gasteiger partial charge is 0.456 e. The summed E-state index contributed by atoms with van der Waals surface area (Å²) in [5.74, 6) is 0. The van der Waals surface area contributed by atoms with Crippen molar-refractivity contribution < 1.29 is 4.42 Å². The van der Waals surface area contributed by atoms with Crippen molar-refractivity contribution in [2.45, 2.75) is 0 Å². The summed E-state index contributed by atoms with van der Waals surface area (Å²) in [7, 11) is 0. The molecule has 0 aliphatic heterocycles. The summed E-state index contributed by atoms with van der Waals surface area (Å²) in [5, 5.41) is 7.30. The van der Waals surface area contributed by atoms with Gasteiger partial charge in [0.1, 0.15) is 11.2 Å². The first-order valence-electron chi connectivity index (χ1n) is 16.6. The van der Waals surface area contributed by atoms with Gasteiger partial charge in [-0.15, -0.1) is 11.3 Å². The van der Waals surface area contributed by atoms with Gasteiger partial charge in [0.15, 0.2) is 0 Å². The molecule has 10 rings (SSSR count). The number of fused-ring (bicyclic) bond motifs is 7. The van der Waals surface area contributed by atoms with Crippen molar-refractivity contribution in [1.29, 1.82) is 0 Å². The monoisotopic (exact) mass is 643 g/mol. The molecular formula is C46H29NOS. The second-order valence-corrected chi connectivity index (χ2v) is 13.6. The Morgan fingerprint density at radius 3 is 2.06 bits per heavy atom. The SMILES string of the molecule is c1cc(-c2ccc3sc4ccccc4c3c2)cc(N(c2ccc3oc4ccccc4c3c2)c2ccccc2-c2ccc3ccccc3c2)c1. The number of furan rings is 1. The number of nitrogens with zero attached hydrogens (tertiary/aromatic N) is 1. The van der Waals surface area contributed by atoms with E-state index >= 15 is 0 Å². The highest BCUT2D eigenvalue weighted by Gasteiger charge is 2.20. The van der Waals surface area contributed by atoms with Crippen molar-refractivity contribution in [1.82, 2.24) is 0 Å². The molecule has 230 valence electrons. The third kappa shape index (κ3) is 4.70. The third-order valence-corrected chi connectivity index (χ3v) is 10.8. The molecule has 0 bridgehead atoms. The highest BCUT2D eigenvalue weighted by atomic mass is 32.1. The Kier molecular flexibility index (Phi) is 6.39. The average Bonchev–Trinajstić information content (AvgIpc) is 3.73. The molecule has 0 radical (unpaired) electrons. The molecular weight excluding hydrogens is 615 g/mol. The predicted octanol–water partition coefficient (Wildman–Crippen LogP) is 13.9. The van der Waals surface area contributed by atoms with Crippen LogP contribution in [0.5, 0.6) is 0 Å². The highest BCUT2D eigenvalue weighted by Crippen LogP contribution is 2.44. The van der Waals surface area contributed by atoms with E-state index in [1.807, 2.05) is 23.5 Å². The number of thiophene rings is 1. The van der Waals surface area contributed by atoms with Crippen LogP contribution in [0.3, 0.4) is 0 Å². The van der Waals surface area contributed by atoms with Crippen LogP contribution in [0.2, 0.25) is 0 Å². The summed E-state index contributed by atoms with van der Waals surface area (Å²) < 4.78 is 8.88. The first kappa shape index (κ1) is 27.9. The van der Waals surface area contributed by atoms with Crippen LogP contribution in [0.15, 0.2) is 180 Å². The lowest BCUT2D eigenvalue weighted by Crippen LogP contribution is -2.11. The molecule has 10 aromatic rings. The number of anilines is 3. The molecule has 2 nitrogen and oxygen atoms in total. The number of rotatable bonds is 5. The Balaban J connectivity index is 1.18. The van der Waals surface area contributed by atoms with Crippen LogP contribution in [0.1, 0.15) is 0 Å². The van der Waals surface area contributed by atoms with Crippen LogP contribution in [-0.2, 0) is 0 Å². The zero-order valence-electron chi connectivity index (χ0n) is 26.5. The maximum Gasteiger partial charge on any atom is 0.135 e. The van der Waals surface area contributed by atoms with E-state index in [9.17, 15) is 0 Å². The fourth-order valence-electron chi connectivity index (χ4n) is 7.28.